The summed E-state index contributed by atoms with van der Waals surface area (Å²) in [6.07, 6.45) is 1.04. The van der Waals surface area contributed by atoms with E-state index in [1.54, 1.807) is 12.0 Å². The van der Waals surface area contributed by atoms with Crippen LogP contribution in [0.25, 0.3) is 0 Å². The molecule has 1 saturated heterocycles. The van der Waals surface area contributed by atoms with Crippen molar-refractivity contribution in [2.45, 2.75) is 6.42 Å². The Morgan fingerprint density at radius 1 is 0.840 bits per heavy atom. The molecule has 0 aliphatic carbocycles. The minimum atomic E-state index is -2.07. The molecule has 2 aromatic rings. The molecule has 2 heterocycles. The highest BCUT2D eigenvalue weighted by molar-refractivity contribution is 6.27. The highest BCUT2D eigenvalue weighted by Gasteiger charge is 2.26. The molecule has 2 aromatic carbocycles. The van der Waals surface area contributed by atoms with E-state index in [9.17, 15) is 4.79 Å². The molecule has 0 saturated carbocycles. The lowest BCUT2D eigenvalue weighted by atomic mass is 10.2. The molecule has 1 fully saturated rings. The Kier molecular flexibility index (Phi) is 20.4. The van der Waals surface area contributed by atoms with Crippen molar-refractivity contribution in [1.29, 1.82) is 0 Å². The van der Waals surface area contributed by atoms with Crippen molar-refractivity contribution < 1.29 is 94.3 Å². The number of quaternary nitrogens is 3. The lowest BCUT2D eigenvalue weighted by molar-refractivity contribution is -0.986. The highest BCUT2D eigenvalue weighted by Crippen LogP contribution is 2.18. The zero-order chi connectivity index (χ0) is 36.9. The van der Waals surface area contributed by atoms with Crippen molar-refractivity contribution in [3.8, 4) is 11.5 Å². The number of hydrogen-bond acceptors (Lipinski definition) is 13. The molecule has 0 atom stereocenters. The molecule has 10 N–H and O–H groups in total. The summed E-state index contributed by atoms with van der Waals surface area (Å²) >= 11 is 0. The molecule has 0 aromatic heterocycles. The fraction of sp³-hybridized carbons (Fsp3) is 0.310. The third-order valence-corrected chi connectivity index (χ3v) is 6.45. The first kappa shape index (κ1) is 43.8. The van der Waals surface area contributed by atoms with Crippen LogP contribution in [-0.2, 0) is 33.6 Å². The molecule has 274 valence electrons. The Balaban J connectivity index is 0.00000104. The van der Waals surface area contributed by atoms with Crippen molar-refractivity contribution in [3.05, 3.63) is 54.1 Å². The topological polar surface area (TPSA) is 349 Å². The molecule has 0 unspecified atom stereocenters. The number of nitrogens with one attached hydrogen (secondary N) is 3. The third kappa shape index (κ3) is 17.1. The Labute approximate surface area is 283 Å². The maximum Gasteiger partial charge on any atom is 0.351 e. The number of amidine groups is 1. The normalized spacial score (nSPS) is 15.8. The number of aliphatic carboxylic acids is 6. The number of carbonyl (C=O) groups excluding carboxylic acids is 4. The van der Waals surface area contributed by atoms with Gasteiger partial charge in [-0.2, -0.15) is 0 Å². The van der Waals surface area contributed by atoms with Crippen molar-refractivity contribution in [2.75, 3.05) is 53.0 Å². The van der Waals surface area contributed by atoms with Gasteiger partial charge < -0.3 is 64.9 Å². The van der Waals surface area contributed by atoms with Crippen LogP contribution in [0, 0.1) is 0 Å². The number of methoxy groups -OCH3 is 1. The fourth-order valence-corrected chi connectivity index (χ4v) is 4.18. The average molecular weight is 712 g/mol. The number of ether oxygens (including phenoxy) is 2. The Morgan fingerprint density at radius 3 is 1.78 bits per heavy atom. The second-order valence-electron chi connectivity index (χ2n) is 9.75. The predicted octanol–water partition coefficient (Wildman–Crippen LogP) is -9.43. The summed E-state index contributed by atoms with van der Waals surface area (Å²) in [7, 11) is 1.75. The van der Waals surface area contributed by atoms with Crippen LogP contribution in [0.15, 0.2) is 53.6 Å². The summed E-state index contributed by atoms with van der Waals surface area (Å²) in [6.45, 7) is 6.79. The number of nitrogens with two attached hydrogens (primary N) is 1. The first-order valence-corrected chi connectivity index (χ1v) is 14.2. The molecular weight excluding hydrogens is 674 g/mol. The second-order valence-corrected chi connectivity index (χ2v) is 9.75. The number of carboxylic acids is 6. The highest BCUT2D eigenvalue weighted by atomic mass is 16.5. The molecule has 2 aliphatic rings. The number of hydrogen-bond donors (Lipinski definition) is 7. The standard InChI is InChI=1S/C23H29N5O3.3C2H2O4.H2O/c1-30-21-6-3-2-5-20(21)28-14-12-27(13-15-28)11-4-16-31-19-9-7-18(8-10-19)23-24-17-22(29)25-26-23;3*3-1(4)2(5)6;/h2-3,5-10H,4,11-17H2,1H3,(H,24,26)(H,25,29);3*(H,3,4)(H,5,6);1H2. The third-order valence-electron chi connectivity index (χ3n) is 6.45. The van der Waals surface area contributed by atoms with Crippen LogP contribution in [0.4, 0.5) is 5.69 Å². The number of hydrazone groups is 1. The fourth-order valence-electron chi connectivity index (χ4n) is 4.18. The molecule has 50 heavy (non-hydrogen) atoms. The van der Waals surface area contributed by atoms with Gasteiger partial charge >= 0.3 is 17.9 Å². The molecule has 0 spiro atoms. The molecule has 0 radical (unpaired) electrons. The van der Waals surface area contributed by atoms with E-state index in [0.717, 1.165) is 68.6 Å². The quantitative estimate of drug-likeness (QED) is 0.0987. The molecule has 1 amide bonds. The van der Waals surface area contributed by atoms with E-state index < -0.39 is 35.8 Å². The lowest BCUT2D eigenvalue weighted by Crippen LogP contribution is -3.26. The minimum Gasteiger partial charge on any atom is -0.539 e. The predicted molar refractivity (Wildman–Crippen MR) is 158 cm³/mol. The van der Waals surface area contributed by atoms with E-state index in [1.807, 2.05) is 41.7 Å². The van der Waals surface area contributed by atoms with Gasteiger partial charge in [0.2, 0.25) is 5.84 Å². The number of nitrogens with zero attached hydrogens (tertiary/aromatic N) is 1. The first-order chi connectivity index (χ1) is 23.2. The summed E-state index contributed by atoms with van der Waals surface area (Å²) in [5, 5.41) is 54.9. The maximum atomic E-state index is 11.2. The maximum absolute atomic E-state index is 11.2. The van der Waals surface area contributed by atoms with Gasteiger partial charge in [0.25, 0.3) is 5.91 Å². The Morgan fingerprint density at radius 2 is 1.34 bits per heavy atom. The number of benzene rings is 2. The number of amides is 1. The van der Waals surface area contributed by atoms with Crippen LogP contribution >= 0.6 is 0 Å². The monoisotopic (exact) mass is 711 g/mol. The second kappa shape index (κ2) is 23.2. The van der Waals surface area contributed by atoms with Crippen LogP contribution in [0.1, 0.15) is 12.0 Å². The van der Waals surface area contributed by atoms with Crippen LogP contribution in [-0.4, -0.2) is 121 Å². The Bertz CT molecular complexity index is 1400. The largest absolute Gasteiger partial charge is 0.539 e. The summed E-state index contributed by atoms with van der Waals surface area (Å²) in [6, 6.07) is 16.2. The van der Waals surface area contributed by atoms with Gasteiger partial charge in [0.05, 0.1) is 25.8 Å². The van der Waals surface area contributed by atoms with Gasteiger partial charge in [0.15, 0.2) is 35.9 Å². The van der Waals surface area contributed by atoms with Gasteiger partial charge in [-0.3, -0.25) is 15.0 Å². The van der Waals surface area contributed by atoms with Gasteiger partial charge in [0.1, 0.15) is 31.9 Å². The molecule has 21 heteroatoms. The van der Waals surface area contributed by atoms with Gasteiger partial charge in [-0.15, -0.1) is 5.10 Å². The Hall–Kier alpha value is -6.16. The van der Waals surface area contributed by atoms with E-state index in [2.05, 4.69) is 22.7 Å². The summed E-state index contributed by atoms with van der Waals surface area (Å²) in [5.41, 5.74) is 4.76. The van der Waals surface area contributed by atoms with Gasteiger partial charge in [0, 0.05) is 12.5 Å². The van der Waals surface area contributed by atoms with E-state index in [4.69, 9.17) is 68.9 Å². The SMILES string of the molecule is COc1ccccc1[NH+]1CC[NH+](CCCOc2ccc(C3=NNC(=O)C[NH2+]3)cc2)CC1.O.O=C([O-])C(=O)O.O=C([O-])C(=O)O.O=C([O-])C(=O)O. The van der Waals surface area contributed by atoms with E-state index in [0.29, 0.717) is 6.54 Å². The smallest absolute Gasteiger partial charge is 0.351 e. The summed E-state index contributed by atoms with van der Waals surface area (Å²) in [4.78, 5) is 68.4. The van der Waals surface area contributed by atoms with Crippen molar-refractivity contribution >= 4 is 53.2 Å². The lowest BCUT2D eigenvalue weighted by Gasteiger charge is -2.30. The zero-order valence-electron chi connectivity index (χ0n) is 26.5. The number of carboxylic acid groups (broad SMARTS) is 6. The summed E-state index contributed by atoms with van der Waals surface area (Å²) in [5.74, 6) is -9.46. The average Bonchev–Trinajstić information content (AvgIpc) is 3.08. The molecular formula is C29H37N5O16. The van der Waals surface area contributed by atoms with Crippen LogP contribution < -0.4 is 45.3 Å². The number of piperazine rings is 1. The molecule has 2 aliphatic heterocycles. The van der Waals surface area contributed by atoms with Crippen LogP contribution in [0.3, 0.4) is 0 Å². The molecule has 21 nitrogen and oxygen atoms in total. The van der Waals surface area contributed by atoms with Gasteiger partial charge in [-0.05, 0) is 30.3 Å². The number of rotatable bonds is 8. The van der Waals surface area contributed by atoms with Crippen molar-refractivity contribution in [1.82, 2.24) is 5.43 Å². The van der Waals surface area contributed by atoms with Gasteiger partial charge in [-0.1, -0.05) is 12.1 Å². The van der Waals surface area contributed by atoms with E-state index in [-0.39, 0.29) is 11.4 Å². The van der Waals surface area contributed by atoms with Crippen LogP contribution in [0.5, 0.6) is 11.5 Å². The van der Waals surface area contributed by atoms with E-state index in [1.165, 1.54) is 10.6 Å². The van der Waals surface area contributed by atoms with Gasteiger partial charge in [-0.25, -0.2) is 19.8 Å². The molecule has 4 rings (SSSR count). The van der Waals surface area contributed by atoms with Crippen molar-refractivity contribution in [2.24, 2.45) is 5.10 Å². The molecule has 0 bridgehead atoms. The zero-order valence-corrected chi connectivity index (χ0v) is 26.5. The first-order valence-electron chi connectivity index (χ1n) is 14.2. The summed E-state index contributed by atoms with van der Waals surface area (Å²) < 4.78 is 11.4. The van der Waals surface area contributed by atoms with Crippen molar-refractivity contribution in [3.63, 3.8) is 0 Å². The minimum absolute atomic E-state index is 0. The number of carbonyl (C=O) groups is 7. The van der Waals surface area contributed by atoms with Crippen LogP contribution in [0.2, 0.25) is 0 Å². The van der Waals surface area contributed by atoms with E-state index >= 15 is 0 Å². The number of para-hydroxylation sites is 2.